The molecule has 0 amide bonds. The molecule has 0 saturated carbocycles. The van der Waals surface area contributed by atoms with Gasteiger partial charge in [-0.15, -0.1) is 23.1 Å². The fourth-order valence-corrected chi connectivity index (χ4v) is 2.38. The van der Waals surface area contributed by atoms with Gasteiger partial charge in [0.1, 0.15) is 10.4 Å². The summed E-state index contributed by atoms with van der Waals surface area (Å²) in [7, 11) is 0. The first-order valence-electron chi connectivity index (χ1n) is 3.65. The molecule has 1 heterocycles. The van der Waals surface area contributed by atoms with Crippen molar-refractivity contribution in [3.8, 4) is 0 Å². The average Bonchev–Trinajstić information content (AvgIpc) is 2.54. The molecule has 1 aromatic heterocycles. The second-order valence-electron chi connectivity index (χ2n) is 2.18. The van der Waals surface area contributed by atoms with Crippen LogP contribution in [0.25, 0.3) is 0 Å². The lowest BCUT2D eigenvalue weighted by Crippen LogP contribution is -2.32. The van der Waals surface area contributed by atoms with Crippen LogP contribution < -0.4 is 11.1 Å². The van der Waals surface area contributed by atoms with Crippen LogP contribution >= 0.6 is 23.1 Å². The van der Waals surface area contributed by atoms with Gasteiger partial charge in [0.15, 0.2) is 5.96 Å². The maximum absolute atomic E-state index is 7.12. The van der Waals surface area contributed by atoms with Crippen molar-refractivity contribution in [3.05, 3.63) is 23.5 Å². The van der Waals surface area contributed by atoms with Crippen molar-refractivity contribution >= 4 is 29.1 Å². The highest BCUT2D eigenvalue weighted by Gasteiger charge is 2.13. The maximum Gasteiger partial charge on any atom is 0.186 e. The highest BCUT2D eigenvalue weighted by atomic mass is 32.2. The van der Waals surface area contributed by atoms with Gasteiger partial charge in [0.05, 0.1) is 0 Å². The van der Waals surface area contributed by atoms with E-state index in [-0.39, 0.29) is 11.3 Å². The molecule has 13 heavy (non-hydrogen) atoms. The molecule has 0 aliphatic rings. The molecule has 71 valence electrons. The molecule has 1 rings (SSSR count). The first-order chi connectivity index (χ1) is 6.24. The lowest BCUT2D eigenvalue weighted by atomic mass is 10.6. The van der Waals surface area contributed by atoms with Crippen LogP contribution in [-0.2, 0) is 0 Å². The molecule has 6 heteroatoms. The lowest BCUT2D eigenvalue weighted by Gasteiger charge is -2.14. The maximum atomic E-state index is 7.12. The van der Waals surface area contributed by atoms with Crippen molar-refractivity contribution in [2.45, 2.75) is 5.37 Å². The fourth-order valence-electron chi connectivity index (χ4n) is 0.798. The molecule has 0 spiro atoms. The van der Waals surface area contributed by atoms with Crippen LogP contribution in [0.4, 0.5) is 0 Å². The summed E-state index contributed by atoms with van der Waals surface area (Å²) in [4.78, 5) is 4.14. The second-order valence-corrected chi connectivity index (χ2v) is 4.32. The zero-order chi connectivity index (χ0) is 9.68. The third kappa shape index (κ3) is 3.23. The Morgan fingerprint density at radius 1 is 1.92 bits per heavy atom. The Hall–Kier alpha value is -0.750. The number of nitrogens with one attached hydrogen (secondary N) is 2. The largest absolute Gasteiger partial charge is 0.370 e. The monoisotopic (exact) mass is 215 g/mol. The highest BCUT2D eigenvalue weighted by Crippen LogP contribution is 2.26. The van der Waals surface area contributed by atoms with Gasteiger partial charge in [-0.1, -0.05) is 0 Å². The molecule has 0 aromatic carbocycles. The summed E-state index contributed by atoms with van der Waals surface area (Å²) in [6, 6.07) is 0. The Labute approximate surface area is 85.4 Å². The van der Waals surface area contributed by atoms with Gasteiger partial charge >= 0.3 is 0 Å². The molecule has 0 bridgehead atoms. The summed E-state index contributed by atoms with van der Waals surface area (Å²) >= 11 is 3.11. The van der Waals surface area contributed by atoms with Crippen LogP contribution in [-0.4, -0.2) is 16.7 Å². The number of nitrogens with two attached hydrogens (primary N) is 1. The van der Waals surface area contributed by atoms with E-state index in [9.17, 15) is 0 Å². The van der Waals surface area contributed by atoms with E-state index in [0.29, 0.717) is 5.75 Å². The molecule has 1 aromatic rings. The van der Waals surface area contributed by atoms with Crippen molar-refractivity contribution < 1.29 is 0 Å². The van der Waals surface area contributed by atoms with Gasteiger partial charge in [-0.25, -0.2) is 4.98 Å². The Morgan fingerprint density at radius 3 is 3.15 bits per heavy atom. The van der Waals surface area contributed by atoms with Crippen molar-refractivity contribution in [2.24, 2.45) is 5.73 Å². The van der Waals surface area contributed by atoms with E-state index in [1.807, 2.05) is 5.38 Å². The Kier molecular flexibility index (Phi) is 4.04. The first kappa shape index (κ1) is 10.3. The SMILES string of the molecule is [CH2]CSC(NC(=N)N)c1nccs1. The molecule has 4 N–H and O–H groups in total. The number of thiazole rings is 1. The van der Waals surface area contributed by atoms with E-state index in [1.54, 1.807) is 18.0 Å². The Balaban J connectivity index is 2.62. The molecule has 1 radical (unpaired) electrons. The zero-order valence-corrected chi connectivity index (χ0v) is 8.62. The van der Waals surface area contributed by atoms with E-state index in [0.717, 1.165) is 5.01 Å². The predicted octanol–water partition coefficient (Wildman–Crippen LogP) is 1.19. The molecule has 0 fully saturated rings. The summed E-state index contributed by atoms with van der Waals surface area (Å²) in [5.74, 6) is 0.672. The average molecular weight is 215 g/mol. The molecule has 0 saturated heterocycles. The smallest absolute Gasteiger partial charge is 0.186 e. The Morgan fingerprint density at radius 2 is 2.69 bits per heavy atom. The summed E-state index contributed by atoms with van der Waals surface area (Å²) < 4.78 is 0. The summed E-state index contributed by atoms with van der Waals surface area (Å²) in [6.45, 7) is 3.73. The quantitative estimate of drug-likeness (QED) is 0.401. The zero-order valence-electron chi connectivity index (χ0n) is 6.99. The third-order valence-corrected chi connectivity index (χ3v) is 3.15. The van der Waals surface area contributed by atoms with E-state index in [4.69, 9.17) is 11.1 Å². The van der Waals surface area contributed by atoms with Crippen LogP contribution in [0, 0.1) is 12.3 Å². The number of hydrogen-bond donors (Lipinski definition) is 3. The molecular weight excluding hydrogens is 204 g/mol. The van der Waals surface area contributed by atoms with Crippen LogP contribution in [0.1, 0.15) is 10.4 Å². The summed E-state index contributed by atoms with van der Waals surface area (Å²) in [5.41, 5.74) is 5.25. The number of thioether (sulfide) groups is 1. The number of aromatic nitrogens is 1. The van der Waals surface area contributed by atoms with Crippen LogP contribution in [0.2, 0.25) is 0 Å². The van der Waals surface area contributed by atoms with Crippen molar-refractivity contribution in [2.75, 3.05) is 5.75 Å². The Bertz CT molecular complexity index is 259. The van der Waals surface area contributed by atoms with Gasteiger partial charge < -0.3 is 11.1 Å². The van der Waals surface area contributed by atoms with Gasteiger partial charge in [-0.3, -0.25) is 5.41 Å². The number of nitrogens with zero attached hydrogens (tertiary/aromatic N) is 1. The third-order valence-electron chi connectivity index (χ3n) is 1.25. The molecule has 0 aliphatic heterocycles. The second kappa shape index (κ2) is 5.08. The van der Waals surface area contributed by atoms with Gasteiger partial charge in [0, 0.05) is 11.6 Å². The van der Waals surface area contributed by atoms with E-state index >= 15 is 0 Å². The standard InChI is InChI=1S/C7H11N4S2/c1-2-12-6(11-7(8)9)5-10-3-4-13-5/h3-4,6H,1-2H2,(H4,8,9,11). The normalized spacial score (nSPS) is 12.4. The highest BCUT2D eigenvalue weighted by molar-refractivity contribution is 7.99. The number of hydrogen-bond acceptors (Lipinski definition) is 4. The van der Waals surface area contributed by atoms with E-state index < -0.39 is 0 Å². The molecule has 4 nitrogen and oxygen atoms in total. The minimum atomic E-state index is -0.0463. The van der Waals surface area contributed by atoms with Gasteiger partial charge in [-0.05, 0) is 12.7 Å². The van der Waals surface area contributed by atoms with Crippen molar-refractivity contribution in [1.29, 1.82) is 5.41 Å². The summed E-state index contributed by atoms with van der Waals surface area (Å²) in [5, 5.41) is 12.7. The number of rotatable bonds is 4. The van der Waals surface area contributed by atoms with E-state index in [2.05, 4.69) is 17.2 Å². The first-order valence-corrected chi connectivity index (χ1v) is 5.57. The van der Waals surface area contributed by atoms with Crippen molar-refractivity contribution in [1.82, 2.24) is 10.3 Å². The fraction of sp³-hybridized carbons (Fsp3) is 0.286. The van der Waals surface area contributed by atoms with E-state index in [1.165, 1.54) is 11.3 Å². The van der Waals surface area contributed by atoms with Gasteiger partial charge in [-0.2, -0.15) is 0 Å². The van der Waals surface area contributed by atoms with Crippen LogP contribution in [0.5, 0.6) is 0 Å². The van der Waals surface area contributed by atoms with Crippen LogP contribution in [0.3, 0.4) is 0 Å². The van der Waals surface area contributed by atoms with Gasteiger partial charge in [0.2, 0.25) is 0 Å². The minimum Gasteiger partial charge on any atom is -0.370 e. The predicted molar refractivity (Wildman–Crippen MR) is 57.7 cm³/mol. The van der Waals surface area contributed by atoms with Crippen LogP contribution in [0.15, 0.2) is 11.6 Å². The molecule has 1 atom stereocenters. The lowest BCUT2D eigenvalue weighted by molar-refractivity contribution is 0.860. The summed E-state index contributed by atoms with van der Waals surface area (Å²) in [6.07, 6.45) is 1.73. The van der Waals surface area contributed by atoms with Crippen molar-refractivity contribution in [3.63, 3.8) is 0 Å². The molecule has 1 unspecified atom stereocenters. The minimum absolute atomic E-state index is 0.0406. The molecular formula is C7H11N4S2. The molecule has 0 aliphatic carbocycles. The van der Waals surface area contributed by atoms with Gasteiger partial charge in [0.25, 0.3) is 0 Å². The number of guanidine groups is 1. The topological polar surface area (TPSA) is 74.8 Å².